The summed E-state index contributed by atoms with van der Waals surface area (Å²) in [7, 11) is 0. The lowest BCUT2D eigenvalue weighted by Gasteiger charge is -1.95. The van der Waals surface area contributed by atoms with Crippen molar-refractivity contribution in [1.82, 2.24) is 0 Å². The maximum Gasteiger partial charge on any atom is 0.239 e. The van der Waals surface area contributed by atoms with Gasteiger partial charge in [-0.05, 0) is 28.1 Å². The van der Waals surface area contributed by atoms with Gasteiger partial charge in [-0.2, -0.15) is 0 Å². The highest BCUT2D eigenvalue weighted by Gasteiger charge is 2.15. The van der Waals surface area contributed by atoms with Crippen LogP contribution in [-0.4, -0.2) is 11.6 Å². The Morgan fingerprint density at radius 3 is 2.44 bits per heavy atom. The molecule has 0 atom stereocenters. The van der Waals surface area contributed by atoms with Crippen LogP contribution < -0.4 is 0 Å². The zero-order valence-electron chi connectivity index (χ0n) is 4.43. The molecule has 1 aliphatic rings. The largest absolute Gasteiger partial charge is 0.286 e. The molecule has 0 spiro atoms. The van der Waals surface area contributed by atoms with E-state index in [-0.39, 0.29) is 0 Å². The molecule has 0 saturated heterocycles. The lowest BCUT2D eigenvalue weighted by atomic mass is 10.1. The minimum Gasteiger partial charge on any atom is -0.286 e. The van der Waals surface area contributed by atoms with Gasteiger partial charge in [0.05, 0.1) is 4.48 Å². The van der Waals surface area contributed by atoms with E-state index in [1.807, 2.05) is 0 Å². The van der Waals surface area contributed by atoms with Gasteiger partial charge in [0.1, 0.15) is 0 Å². The van der Waals surface area contributed by atoms with E-state index in [0.717, 1.165) is 0 Å². The van der Waals surface area contributed by atoms with E-state index < -0.39 is 11.6 Å². The molecule has 0 saturated carbocycles. The summed E-state index contributed by atoms with van der Waals surface area (Å²) >= 11 is 2.93. The lowest BCUT2D eigenvalue weighted by Crippen LogP contribution is -2.12. The van der Waals surface area contributed by atoms with E-state index in [9.17, 15) is 9.59 Å². The van der Waals surface area contributed by atoms with Crippen molar-refractivity contribution in [1.29, 1.82) is 0 Å². The molecule has 0 unspecified atom stereocenters. The van der Waals surface area contributed by atoms with Gasteiger partial charge in [0.15, 0.2) is 0 Å². The zero-order chi connectivity index (χ0) is 6.85. The van der Waals surface area contributed by atoms with Crippen LogP contribution >= 0.6 is 15.9 Å². The normalized spacial score (nSPS) is 18.1. The summed E-state index contributed by atoms with van der Waals surface area (Å²) in [6, 6.07) is 0. The molecule has 1 aliphatic carbocycles. The molecule has 0 aromatic rings. The van der Waals surface area contributed by atoms with Crippen molar-refractivity contribution in [2.75, 3.05) is 0 Å². The van der Waals surface area contributed by atoms with Gasteiger partial charge in [-0.15, -0.1) is 0 Å². The van der Waals surface area contributed by atoms with Crippen LogP contribution in [0.25, 0.3) is 0 Å². The monoisotopic (exact) mass is 186 g/mol. The van der Waals surface area contributed by atoms with Crippen molar-refractivity contribution in [3.63, 3.8) is 0 Å². The molecule has 0 N–H and O–H groups in total. The standard InChI is InChI=1S/C6H3BrO2/c7-4-2-1-3-5(8)6(4)9/h1-3H. The van der Waals surface area contributed by atoms with Crippen molar-refractivity contribution < 1.29 is 9.59 Å². The van der Waals surface area contributed by atoms with E-state index >= 15 is 0 Å². The van der Waals surface area contributed by atoms with Gasteiger partial charge in [0, 0.05) is 0 Å². The molecule has 0 aliphatic heterocycles. The summed E-state index contributed by atoms with van der Waals surface area (Å²) in [5, 5.41) is 0. The molecule has 46 valence electrons. The molecule has 3 heteroatoms. The molecule has 0 radical (unpaired) electrons. The molecule has 0 bridgehead atoms. The van der Waals surface area contributed by atoms with Crippen LogP contribution in [0.15, 0.2) is 22.7 Å². The topological polar surface area (TPSA) is 34.1 Å². The number of allylic oxidation sites excluding steroid dienone is 4. The summed E-state index contributed by atoms with van der Waals surface area (Å²) in [5.74, 6) is -0.943. The minimum atomic E-state index is -0.475. The molecule has 2 nitrogen and oxygen atoms in total. The molecule has 0 aromatic heterocycles. The number of carbonyl (C=O) groups is 2. The average Bonchev–Trinajstić information content (AvgIpc) is 1.83. The number of rotatable bonds is 0. The van der Waals surface area contributed by atoms with E-state index in [1.54, 1.807) is 6.08 Å². The second kappa shape index (κ2) is 2.27. The Morgan fingerprint density at radius 2 is 2.00 bits per heavy atom. The smallest absolute Gasteiger partial charge is 0.239 e. The summed E-state index contributed by atoms with van der Waals surface area (Å²) in [6.07, 6.45) is 4.32. The Hall–Kier alpha value is -0.700. The highest BCUT2D eigenvalue weighted by molar-refractivity contribution is 9.12. The maximum atomic E-state index is 10.6. The third-order valence-corrected chi connectivity index (χ3v) is 1.56. The van der Waals surface area contributed by atoms with Gasteiger partial charge in [0.2, 0.25) is 11.6 Å². The number of hydrogen-bond acceptors (Lipinski definition) is 2. The van der Waals surface area contributed by atoms with Gasteiger partial charge in [-0.25, -0.2) is 0 Å². The highest BCUT2D eigenvalue weighted by Crippen LogP contribution is 2.10. The third-order valence-electron chi connectivity index (χ3n) is 0.931. The summed E-state index contributed by atoms with van der Waals surface area (Å²) in [4.78, 5) is 21.1. The van der Waals surface area contributed by atoms with Gasteiger partial charge in [-0.1, -0.05) is 6.08 Å². The van der Waals surface area contributed by atoms with Gasteiger partial charge >= 0.3 is 0 Å². The maximum absolute atomic E-state index is 10.6. The predicted octanol–water partition coefficient (Wildman–Crippen LogP) is 0.973. The van der Waals surface area contributed by atoms with E-state index in [1.165, 1.54) is 12.2 Å². The number of Topliss-reactive ketones (excluding diaryl/α,β-unsaturated/α-hetero) is 1. The predicted molar refractivity (Wildman–Crippen MR) is 36.2 cm³/mol. The fraction of sp³-hybridized carbons (Fsp3) is 0. The van der Waals surface area contributed by atoms with Crippen molar-refractivity contribution >= 4 is 27.5 Å². The van der Waals surface area contributed by atoms with Crippen LogP contribution in [0.3, 0.4) is 0 Å². The first-order chi connectivity index (χ1) is 4.22. The van der Waals surface area contributed by atoms with Crippen LogP contribution in [-0.2, 0) is 9.59 Å². The Morgan fingerprint density at radius 1 is 1.33 bits per heavy atom. The molecule has 0 heterocycles. The molecule has 0 aromatic carbocycles. The fourth-order valence-electron chi connectivity index (χ4n) is 0.489. The molecular formula is C6H3BrO2. The number of ketones is 2. The Kier molecular flexibility index (Phi) is 1.62. The Bertz CT molecular complexity index is 225. The lowest BCUT2D eigenvalue weighted by molar-refractivity contribution is -0.131. The van der Waals surface area contributed by atoms with E-state index in [4.69, 9.17) is 0 Å². The van der Waals surface area contributed by atoms with Crippen LogP contribution in [0, 0.1) is 0 Å². The van der Waals surface area contributed by atoms with Gasteiger partial charge < -0.3 is 0 Å². The molecule has 0 fully saturated rings. The third kappa shape index (κ3) is 1.16. The van der Waals surface area contributed by atoms with Crippen LogP contribution in [0.1, 0.15) is 0 Å². The Balaban J connectivity index is 3.00. The molecule has 9 heavy (non-hydrogen) atoms. The second-order valence-electron chi connectivity index (χ2n) is 1.57. The van der Waals surface area contributed by atoms with Crippen LogP contribution in [0.5, 0.6) is 0 Å². The van der Waals surface area contributed by atoms with Crippen molar-refractivity contribution in [2.24, 2.45) is 0 Å². The first kappa shape index (κ1) is 6.42. The van der Waals surface area contributed by atoms with E-state index in [2.05, 4.69) is 15.9 Å². The first-order valence-electron chi connectivity index (χ1n) is 2.34. The second-order valence-corrected chi connectivity index (χ2v) is 2.42. The van der Waals surface area contributed by atoms with E-state index in [0.29, 0.717) is 4.48 Å². The average molecular weight is 187 g/mol. The molecular weight excluding hydrogens is 184 g/mol. The summed E-state index contributed by atoms with van der Waals surface area (Å²) in [6.45, 7) is 0. The number of carbonyl (C=O) groups excluding carboxylic acids is 2. The Labute approximate surface area is 60.4 Å². The minimum absolute atomic E-state index is 0.329. The zero-order valence-corrected chi connectivity index (χ0v) is 6.01. The first-order valence-corrected chi connectivity index (χ1v) is 3.13. The summed E-state index contributed by atoms with van der Waals surface area (Å²) in [5.41, 5.74) is 0. The quantitative estimate of drug-likeness (QED) is 0.418. The summed E-state index contributed by atoms with van der Waals surface area (Å²) < 4.78 is 0.329. The van der Waals surface area contributed by atoms with Crippen molar-refractivity contribution in [3.05, 3.63) is 22.7 Å². The molecule has 1 rings (SSSR count). The highest BCUT2D eigenvalue weighted by atomic mass is 79.9. The van der Waals surface area contributed by atoms with Crippen LogP contribution in [0.2, 0.25) is 0 Å². The SMILES string of the molecule is O=C1C=CC=C(Br)C1=O. The van der Waals surface area contributed by atoms with Gasteiger partial charge in [0.25, 0.3) is 0 Å². The molecule has 0 amide bonds. The van der Waals surface area contributed by atoms with Crippen LogP contribution in [0.4, 0.5) is 0 Å². The van der Waals surface area contributed by atoms with Crippen molar-refractivity contribution in [3.8, 4) is 0 Å². The van der Waals surface area contributed by atoms with Gasteiger partial charge in [-0.3, -0.25) is 9.59 Å². The number of halogens is 1. The van der Waals surface area contributed by atoms with Crippen molar-refractivity contribution in [2.45, 2.75) is 0 Å². The fourth-order valence-corrected chi connectivity index (χ4v) is 0.837. The number of hydrogen-bond donors (Lipinski definition) is 0.